The van der Waals surface area contributed by atoms with Crippen LogP contribution in [-0.4, -0.2) is 29.2 Å². The molecule has 8 heteroatoms. The Kier molecular flexibility index (Phi) is 7.05. The third kappa shape index (κ3) is 6.60. The maximum absolute atomic E-state index is 12.4. The molecular weight excluding hydrogens is 379 g/mol. The van der Waals surface area contributed by atoms with E-state index in [0.717, 1.165) is 10.0 Å². The molecule has 0 aliphatic heterocycles. The first-order valence-corrected chi connectivity index (χ1v) is 7.76. The molecule has 0 spiro atoms. The summed E-state index contributed by atoms with van der Waals surface area (Å²) in [5, 5.41) is 10.8. The van der Waals surface area contributed by atoms with Gasteiger partial charge in [0.25, 0.3) is 0 Å². The number of carbonyl (C=O) groups excluding carboxylic acids is 1. The van der Waals surface area contributed by atoms with E-state index in [1.165, 1.54) is 0 Å². The molecule has 0 radical (unpaired) electrons. The number of hydrogen-bond donors (Lipinski definition) is 2. The number of carboxylic acids is 1. The Labute approximate surface area is 140 Å². The number of nitrogens with one attached hydrogen (secondary N) is 1. The van der Waals surface area contributed by atoms with Crippen LogP contribution in [0.2, 0.25) is 0 Å². The quantitative estimate of drug-likeness (QED) is 0.741. The Balaban J connectivity index is 2.79. The van der Waals surface area contributed by atoms with Gasteiger partial charge >= 0.3 is 12.1 Å². The number of halogens is 4. The molecule has 2 atom stereocenters. The van der Waals surface area contributed by atoms with Crippen LogP contribution in [0.25, 0.3) is 0 Å². The van der Waals surface area contributed by atoms with Crippen LogP contribution in [0.1, 0.15) is 25.3 Å². The second-order valence-corrected chi connectivity index (χ2v) is 5.97. The average molecular weight is 396 g/mol. The van der Waals surface area contributed by atoms with Gasteiger partial charge in [-0.05, 0) is 24.5 Å². The lowest BCUT2D eigenvalue weighted by Crippen LogP contribution is -2.46. The van der Waals surface area contributed by atoms with Crippen LogP contribution in [0.3, 0.4) is 0 Å². The predicted molar refractivity (Wildman–Crippen MR) is 81.9 cm³/mol. The predicted octanol–water partition coefficient (Wildman–Crippen LogP) is 3.54. The van der Waals surface area contributed by atoms with E-state index < -0.39 is 36.4 Å². The monoisotopic (exact) mass is 395 g/mol. The van der Waals surface area contributed by atoms with Crippen molar-refractivity contribution in [2.75, 3.05) is 0 Å². The van der Waals surface area contributed by atoms with E-state index in [-0.39, 0.29) is 0 Å². The van der Waals surface area contributed by atoms with Gasteiger partial charge in [-0.15, -0.1) is 0 Å². The van der Waals surface area contributed by atoms with Crippen molar-refractivity contribution in [1.82, 2.24) is 5.32 Å². The molecule has 1 aromatic carbocycles. The summed E-state index contributed by atoms with van der Waals surface area (Å²) in [4.78, 5) is 23.0. The number of hydrogen-bond acceptors (Lipinski definition) is 2. The van der Waals surface area contributed by atoms with Gasteiger partial charge in [0.2, 0.25) is 5.91 Å². The van der Waals surface area contributed by atoms with Gasteiger partial charge in [-0.25, -0.2) is 4.79 Å². The highest BCUT2D eigenvalue weighted by Gasteiger charge is 2.37. The molecule has 1 amide bonds. The van der Waals surface area contributed by atoms with E-state index in [9.17, 15) is 22.8 Å². The van der Waals surface area contributed by atoms with Gasteiger partial charge in [-0.1, -0.05) is 41.1 Å². The molecule has 1 rings (SSSR count). The van der Waals surface area contributed by atoms with Crippen molar-refractivity contribution in [3.05, 3.63) is 34.3 Å². The molecule has 0 aliphatic rings. The number of alkyl halides is 3. The Morgan fingerprint density at radius 3 is 2.39 bits per heavy atom. The van der Waals surface area contributed by atoms with Crippen LogP contribution in [0, 0.1) is 5.92 Å². The number of carbonyl (C=O) groups is 2. The van der Waals surface area contributed by atoms with Crippen LogP contribution in [-0.2, 0) is 16.0 Å². The number of rotatable bonds is 7. The number of benzene rings is 1. The van der Waals surface area contributed by atoms with Gasteiger partial charge in [0.05, 0.1) is 6.42 Å². The summed E-state index contributed by atoms with van der Waals surface area (Å²) in [6.45, 7) is 1.72. The molecule has 128 valence electrons. The maximum Gasteiger partial charge on any atom is 0.391 e. The molecule has 0 saturated carbocycles. The van der Waals surface area contributed by atoms with Crippen molar-refractivity contribution in [2.45, 2.75) is 38.4 Å². The van der Waals surface area contributed by atoms with E-state index >= 15 is 0 Å². The summed E-state index contributed by atoms with van der Waals surface area (Å²) in [7, 11) is 0. The van der Waals surface area contributed by atoms with Crippen molar-refractivity contribution < 1.29 is 27.9 Å². The second kappa shape index (κ2) is 8.33. The highest BCUT2D eigenvalue weighted by Crippen LogP contribution is 2.23. The van der Waals surface area contributed by atoms with Crippen molar-refractivity contribution >= 4 is 27.8 Å². The van der Waals surface area contributed by atoms with Gasteiger partial charge < -0.3 is 10.4 Å². The molecule has 4 nitrogen and oxygen atoms in total. The minimum absolute atomic E-state index is 0.308. The normalized spacial score (nSPS) is 14.1. The molecule has 0 fully saturated rings. The Morgan fingerprint density at radius 2 is 1.91 bits per heavy atom. The van der Waals surface area contributed by atoms with E-state index in [1.807, 2.05) is 5.32 Å². The Morgan fingerprint density at radius 1 is 1.30 bits per heavy atom. The van der Waals surface area contributed by atoms with Crippen LogP contribution >= 0.6 is 15.9 Å². The first-order chi connectivity index (χ1) is 10.6. The molecule has 2 N–H and O–H groups in total. The molecule has 2 unspecified atom stereocenters. The SMILES string of the molecule is CCC(Cc1ccccc1Br)C(=O)NC(CC(F)(F)F)C(=O)O. The summed E-state index contributed by atoms with van der Waals surface area (Å²) in [5.74, 6) is -3.00. The molecule has 1 aromatic rings. The average Bonchev–Trinajstić information content (AvgIpc) is 2.44. The number of carboxylic acid groups (broad SMARTS) is 1. The lowest BCUT2D eigenvalue weighted by molar-refractivity contribution is -0.160. The van der Waals surface area contributed by atoms with Gasteiger partial charge in [0.15, 0.2) is 0 Å². The summed E-state index contributed by atoms with van der Waals surface area (Å²) >= 11 is 3.34. The highest BCUT2D eigenvalue weighted by atomic mass is 79.9. The number of aliphatic carboxylic acids is 1. The fourth-order valence-electron chi connectivity index (χ4n) is 2.07. The molecule has 0 aliphatic carbocycles. The number of amides is 1. The largest absolute Gasteiger partial charge is 0.480 e. The van der Waals surface area contributed by atoms with Gasteiger partial charge in [-0.3, -0.25) is 4.79 Å². The lowest BCUT2D eigenvalue weighted by Gasteiger charge is -2.20. The first kappa shape index (κ1) is 19.5. The summed E-state index contributed by atoms with van der Waals surface area (Å²) in [6.07, 6.45) is -5.58. The van der Waals surface area contributed by atoms with Crippen molar-refractivity contribution in [3.63, 3.8) is 0 Å². The van der Waals surface area contributed by atoms with Crippen molar-refractivity contribution in [2.24, 2.45) is 5.92 Å². The zero-order valence-electron chi connectivity index (χ0n) is 12.4. The molecule has 0 saturated heterocycles. The van der Waals surface area contributed by atoms with Crippen LogP contribution in [0.4, 0.5) is 13.2 Å². The Bertz CT molecular complexity index is 563. The summed E-state index contributed by atoms with van der Waals surface area (Å²) in [6, 6.07) is 5.21. The summed E-state index contributed by atoms with van der Waals surface area (Å²) < 4.78 is 37.9. The third-order valence-corrected chi connectivity index (χ3v) is 4.11. The maximum atomic E-state index is 12.4. The molecule has 0 aromatic heterocycles. The van der Waals surface area contributed by atoms with Crippen LogP contribution in [0.5, 0.6) is 0 Å². The van der Waals surface area contributed by atoms with E-state index in [1.54, 1.807) is 31.2 Å². The zero-order chi connectivity index (χ0) is 17.6. The van der Waals surface area contributed by atoms with Gasteiger partial charge in [0.1, 0.15) is 6.04 Å². The van der Waals surface area contributed by atoms with Crippen molar-refractivity contribution in [1.29, 1.82) is 0 Å². The smallest absolute Gasteiger partial charge is 0.391 e. The fourth-order valence-corrected chi connectivity index (χ4v) is 2.52. The van der Waals surface area contributed by atoms with Gasteiger partial charge in [-0.2, -0.15) is 13.2 Å². The highest BCUT2D eigenvalue weighted by molar-refractivity contribution is 9.10. The second-order valence-electron chi connectivity index (χ2n) is 5.12. The van der Waals surface area contributed by atoms with E-state index in [2.05, 4.69) is 15.9 Å². The van der Waals surface area contributed by atoms with E-state index in [0.29, 0.717) is 12.8 Å². The first-order valence-electron chi connectivity index (χ1n) is 6.97. The minimum atomic E-state index is -4.67. The van der Waals surface area contributed by atoms with Gasteiger partial charge in [0, 0.05) is 10.4 Å². The molecule has 0 bridgehead atoms. The Hall–Kier alpha value is -1.57. The van der Waals surface area contributed by atoms with Crippen LogP contribution < -0.4 is 5.32 Å². The molecule has 23 heavy (non-hydrogen) atoms. The molecule has 0 heterocycles. The van der Waals surface area contributed by atoms with Crippen molar-refractivity contribution in [3.8, 4) is 0 Å². The van der Waals surface area contributed by atoms with Crippen LogP contribution in [0.15, 0.2) is 28.7 Å². The standard InChI is InChI=1S/C15H17BrF3NO3/c1-2-9(7-10-5-3-4-6-11(10)16)13(21)20-12(14(22)23)8-15(17,18)19/h3-6,9,12H,2,7-8H2,1H3,(H,20,21)(H,22,23). The lowest BCUT2D eigenvalue weighted by atomic mass is 9.95. The fraction of sp³-hybridized carbons (Fsp3) is 0.467. The minimum Gasteiger partial charge on any atom is -0.480 e. The molecular formula is C15H17BrF3NO3. The topological polar surface area (TPSA) is 66.4 Å². The summed E-state index contributed by atoms with van der Waals surface area (Å²) in [5.41, 5.74) is 0.831. The zero-order valence-corrected chi connectivity index (χ0v) is 13.9. The third-order valence-electron chi connectivity index (χ3n) is 3.34. The van der Waals surface area contributed by atoms with E-state index in [4.69, 9.17) is 5.11 Å².